The second kappa shape index (κ2) is 8.86. The summed E-state index contributed by atoms with van der Waals surface area (Å²) < 4.78 is 37.6. The first-order valence-electron chi connectivity index (χ1n) is 9.42. The van der Waals surface area contributed by atoms with Gasteiger partial charge in [-0.1, -0.05) is 6.92 Å². The fraction of sp³-hybridized carbons (Fsp3) is 0.368. The van der Waals surface area contributed by atoms with E-state index in [1.165, 1.54) is 29.6 Å². The molecule has 12 heteroatoms. The van der Waals surface area contributed by atoms with Crippen LogP contribution >= 0.6 is 0 Å². The van der Waals surface area contributed by atoms with Gasteiger partial charge in [0.25, 0.3) is 0 Å². The second-order valence-corrected chi connectivity index (χ2v) is 9.13. The first-order valence-corrected chi connectivity index (χ1v) is 10.9. The summed E-state index contributed by atoms with van der Waals surface area (Å²) >= 11 is 0. The van der Waals surface area contributed by atoms with Crippen molar-refractivity contribution in [3.63, 3.8) is 0 Å². The van der Waals surface area contributed by atoms with Crippen LogP contribution in [0.15, 0.2) is 41.3 Å². The molecular weight excluding hydrogens is 430 g/mol. The van der Waals surface area contributed by atoms with E-state index in [2.05, 4.69) is 0 Å². The molecule has 0 radical (unpaired) electrons. The lowest BCUT2D eigenvalue weighted by atomic mass is 10.0. The highest BCUT2D eigenvalue weighted by Crippen LogP contribution is 2.39. The highest BCUT2D eigenvalue weighted by molar-refractivity contribution is 7.89. The summed E-state index contributed by atoms with van der Waals surface area (Å²) in [5.41, 5.74) is -1.07. The van der Waals surface area contributed by atoms with E-state index in [1.807, 2.05) is 6.92 Å². The van der Waals surface area contributed by atoms with E-state index in [0.29, 0.717) is 19.5 Å². The Kier molecular flexibility index (Phi) is 6.41. The molecule has 1 aliphatic heterocycles. The number of sulfonamides is 1. The van der Waals surface area contributed by atoms with Crippen LogP contribution in [0.1, 0.15) is 19.8 Å². The molecule has 31 heavy (non-hydrogen) atoms. The van der Waals surface area contributed by atoms with E-state index in [9.17, 15) is 28.6 Å². The van der Waals surface area contributed by atoms with Gasteiger partial charge in [-0.3, -0.25) is 20.2 Å². The van der Waals surface area contributed by atoms with E-state index >= 15 is 0 Å². The molecule has 1 aliphatic rings. The van der Waals surface area contributed by atoms with Crippen LogP contribution < -0.4 is 9.47 Å². The van der Waals surface area contributed by atoms with E-state index in [1.54, 1.807) is 0 Å². The molecule has 1 fully saturated rings. The third-order valence-electron chi connectivity index (χ3n) is 4.97. The van der Waals surface area contributed by atoms with Gasteiger partial charge in [-0.05, 0) is 43.0 Å². The number of nitrogens with zero attached hydrogens (tertiary/aromatic N) is 3. The average molecular weight is 451 g/mol. The quantitative estimate of drug-likeness (QED) is 0.458. The zero-order valence-corrected chi connectivity index (χ0v) is 17.7. The molecule has 2 aromatic carbocycles. The Morgan fingerprint density at radius 3 is 2.23 bits per heavy atom. The molecule has 0 aromatic heterocycles. The van der Waals surface area contributed by atoms with Gasteiger partial charge >= 0.3 is 11.4 Å². The van der Waals surface area contributed by atoms with Crippen LogP contribution in [0.25, 0.3) is 0 Å². The van der Waals surface area contributed by atoms with Crippen LogP contribution in [0.3, 0.4) is 0 Å². The van der Waals surface area contributed by atoms with E-state index in [0.717, 1.165) is 24.6 Å². The summed E-state index contributed by atoms with van der Waals surface area (Å²) in [6.45, 7) is 2.63. The largest absolute Gasteiger partial charge is 0.496 e. The Labute approximate surface area is 178 Å². The highest BCUT2D eigenvalue weighted by Gasteiger charge is 2.31. The van der Waals surface area contributed by atoms with Gasteiger partial charge < -0.3 is 9.47 Å². The molecule has 0 spiro atoms. The van der Waals surface area contributed by atoms with Crippen molar-refractivity contribution in [2.24, 2.45) is 5.92 Å². The number of nitro benzene ring substituents is 2. The summed E-state index contributed by atoms with van der Waals surface area (Å²) in [5, 5.41) is 22.9. The summed E-state index contributed by atoms with van der Waals surface area (Å²) in [5.74, 6) is -0.152. The lowest BCUT2D eigenvalue weighted by Crippen LogP contribution is -2.39. The Bertz CT molecular complexity index is 1120. The van der Waals surface area contributed by atoms with Gasteiger partial charge in [0, 0.05) is 19.2 Å². The fourth-order valence-corrected chi connectivity index (χ4v) is 4.99. The first kappa shape index (κ1) is 22.4. The molecule has 1 atom stereocenters. The fourth-order valence-electron chi connectivity index (χ4n) is 3.37. The first-order chi connectivity index (χ1) is 14.6. The van der Waals surface area contributed by atoms with Gasteiger partial charge in [-0.25, -0.2) is 8.42 Å². The molecule has 0 aliphatic carbocycles. The SMILES string of the molecule is COc1ccc(Oc2ccc(S(=O)(=O)N3CCC[C@H](C)C3)cc2[N+](=O)[O-])c([N+](=O)[O-])c1. The minimum atomic E-state index is -3.92. The maximum atomic E-state index is 13.0. The molecule has 1 heterocycles. The van der Waals surface area contributed by atoms with Gasteiger partial charge in [0.1, 0.15) is 5.75 Å². The summed E-state index contributed by atoms with van der Waals surface area (Å²) in [6.07, 6.45) is 1.63. The van der Waals surface area contributed by atoms with E-state index < -0.39 is 31.2 Å². The number of hydrogen-bond acceptors (Lipinski definition) is 8. The average Bonchev–Trinajstić information content (AvgIpc) is 2.73. The molecule has 3 rings (SSSR count). The maximum Gasteiger partial charge on any atom is 0.315 e. The summed E-state index contributed by atoms with van der Waals surface area (Å²) in [7, 11) is -2.58. The Morgan fingerprint density at radius 1 is 1.03 bits per heavy atom. The van der Waals surface area contributed by atoms with Crippen LogP contribution in [0.5, 0.6) is 17.2 Å². The molecule has 0 amide bonds. The normalized spacial score (nSPS) is 17.2. The molecule has 166 valence electrons. The van der Waals surface area contributed by atoms with Crippen LogP contribution in [-0.2, 0) is 10.0 Å². The van der Waals surface area contributed by atoms with Gasteiger partial charge in [0.2, 0.25) is 21.5 Å². The van der Waals surface area contributed by atoms with Crippen molar-refractivity contribution in [2.45, 2.75) is 24.7 Å². The standard InChI is InChI=1S/C19H21N3O8S/c1-13-4-3-9-20(12-13)31(27,28)15-6-8-19(17(11-15)22(25)26)30-18-7-5-14(29-2)10-16(18)21(23)24/h5-8,10-11,13H,3-4,9,12H2,1-2H3/t13-/m0/s1. The van der Waals surface area contributed by atoms with E-state index in [4.69, 9.17) is 9.47 Å². The molecule has 2 aromatic rings. The second-order valence-electron chi connectivity index (χ2n) is 7.19. The van der Waals surface area contributed by atoms with Crippen molar-refractivity contribution >= 4 is 21.4 Å². The van der Waals surface area contributed by atoms with Gasteiger partial charge in [0.05, 0.1) is 27.9 Å². The minimum absolute atomic E-state index is 0.191. The maximum absolute atomic E-state index is 13.0. The Hall–Kier alpha value is -3.25. The number of rotatable bonds is 7. The molecule has 0 saturated carbocycles. The number of methoxy groups -OCH3 is 1. The topological polar surface area (TPSA) is 142 Å². The van der Waals surface area contributed by atoms with Gasteiger partial charge in [-0.15, -0.1) is 0 Å². The number of ether oxygens (including phenoxy) is 2. The monoisotopic (exact) mass is 451 g/mol. The molecule has 0 N–H and O–H groups in total. The van der Waals surface area contributed by atoms with Gasteiger partial charge in [0.15, 0.2) is 0 Å². The van der Waals surface area contributed by atoms with Crippen molar-refractivity contribution in [3.8, 4) is 17.2 Å². The van der Waals surface area contributed by atoms with E-state index in [-0.39, 0.29) is 28.1 Å². The Morgan fingerprint density at radius 2 is 1.65 bits per heavy atom. The lowest BCUT2D eigenvalue weighted by molar-refractivity contribution is -0.387. The number of benzene rings is 2. The number of nitro groups is 2. The third kappa shape index (κ3) is 4.75. The molecule has 0 unspecified atom stereocenters. The summed E-state index contributed by atoms with van der Waals surface area (Å²) in [4.78, 5) is 21.2. The van der Waals surface area contributed by atoms with Gasteiger partial charge in [-0.2, -0.15) is 4.31 Å². The number of hydrogen-bond donors (Lipinski definition) is 0. The van der Waals surface area contributed by atoms with Crippen molar-refractivity contribution in [3.05, 3.63) is 56.6 Å². The Balaban J connectivity index is 1.99. The predicted molar refractivity (Wildman–Crippen MR) is 110 cm³/mol. The van der Waals surface area contributed by atoms with Crippen molar-refractivity contribution in [1.29, 1.82) is 0 Å². The highest BCUT2D eigenvalue weighted by atomic mass is 32.2. The number of piperidine rings is 1. The third-order valence-corrected chi connectivity index (χ3v) is 6.83. The predicted octanol–water partition coefficient (Wildman–Crippen LogP) is 3.72. The molecule has 11 nitrogen and oxygen atoms in total. The smallest absolute Gasteiger partial charge is 0.315 e. The molecular formula is C19H21N3O8S. The van der Waals surface area contributed by atoms with Crippen molar-refractivity contribution < 1.29 is 27.7 Å². The van der Waals surface area contributed by atoms with Crippen molar-refractivity contribution in [1.82, 2.24) is 4.31 Å². The van der Waals surface area contributed by atoms with Crippen molar-refractivity contribution in [2.75, 3.05) is 20.2 Å². The van der Waals surface area contributed by atoms with Crippen LogP contribution in [-0.4, -0.2) is 42.8 Å². The zero-order chi connectivity index (χ0) is 22.8. The summed E-state index contributed by atoms with van der Waals surface area (Å²) in [6, 6.07) is 7.03. The minimum Gasteiger partial charge on any atom is -0.496 e. The lowest BCUT2D eigenvalue weighted by Gasteiger charge is -2.30. The molecule has 1 saturated heterocycles. The van der Waals surface area contributed by atoms with Crippen LogP contribution in [0, 0.1) is 26.1 Å². The zero-order valence-electron chi connectivity index (χ0n) is 16.9. The molecule has 0 bridgehead atoms. The van der Waals surface area contributed by atoms with Crippen LogP contribution in [0.2, 0.25) is 0 Å². The van der Waals surface area contributed by atoms with Crippen LogP contribution in [0.4, 0.5) is 11.4 Å².